The zero-order valence-corrected chi connectivity index (χ0v) is 24.2. The number of ether oxygens (including phenoxy) is 4. The monoisotopic (exact) mass is 535 g/mol. The molecule has 0 radical (unpaired) electrons. The maximum absolute atomic E-state index is 12.6. The lowest BCUT2D eigenvalue weighted by molar-refractivity contribution is -0.169. The first-order valence-corrected chi connectivity index (χ1v) is 13.3. The number of esters is 4. The van der Waals surface area contributed by atoms with E-state index in [-0.39, 0.29) is 60.4 Å². The smallest absolute Gasteiger partial charge is 0.323 e. The molecule has 0 saturated heterocycles. The van der Waals surface area contributed by atoms with Gasteiger partial charge in [-0.2, -0.15) is 0 Å². The van der Waals surface area contributed by atoms with Crippen molar-refractivity contribution < 1.29 is 38.1 Å². The highest BCUT2D eigenvalue weighted by Gasteiger charge is 2.27. The lowest BCUT2D eigenvalue weighted by atomic mass is 9.98. The minimum atomic E-state index is -1.02. The summed E-state index contributed by atoms with van der Waals surface area (Å²) in [4.78, 5) is 49.4. The molecule has 0 aliphatic rings. The molecule has 0 fully saturated rings. The van der Waals surface area contributed by atoms with Crippen LogP contribution in [-0.4, -0.2) is 42.1 Å². The van der Waals surface area contributed by atoms with Crippen molar-refractivity contribution in [1.82, 2.24) is 0 Å². The van der Waals surface area contributed by atoms with Gasteiger partial charge in [-0.15, -0.1) is 0 Å². The van der Waals surface area contributed by atoms with Crippen molar-refractivity contribution in [3.05, 3.63) is 23.8 Å². The lowest BCUT2D eigenvalue weighted by Gasteiger charge is -2.24. The van der Waals surface area contributed by atoms with Crippen molar-refractivity contribution in [1.29, 1.82) is 0 Å². The molecule has 0 bridgehead atoms. The van der Waals surface area contributed by atoms with E-state index in [0.717, 1.165) is 0 Å². The van der Waals surface area contributed by atoms with Gasteiger partial charge in [-0.25, -0.2) is 0 Å². The second-order valence-electron chi connectivity index (χ2n) is 11.1. The van der Waals surface area contributed by atoms with Gasteiger partial charge < -0.3 is 24.7 Å². The van der Waals surface area contributed by atoms with Gasteiger partial charge in [0.1, 0.15) is 18.2 Å². The highest BCUT2D eigenvalue weighted by atomic mass is 16.6. The minimum Gasteiger partial charge on any atom is -0.459 e. The van der Waals surface area contributed by atoms with Crippen LogP contribution in [-0.2, 0) is 35.1 Å². The third-order valence-electron chi connectivity index (χ3n) is 6.00. The summed E-state index contributed by atoms with van der Waals surface area (Å²) in [6.45, 7) is 16.5. The van der Waals surface area contributed by atoms with Gasteiger partial charge >= 0.3 is 23.9 Å². The minimum absolute atomic E-state index is 0.0815. The Kier molecular flexibility index (Phi) is 13.5. The molecule has 0 amide bonds. The van der Waals surface area contributed by atoms with Crippen molar-refractivity contribution in [3.8, 4) is 11.5 Å². The SMILES string of the molecule is CC(C)CC(=O)Oc1ccc(C[C@H](N)C(=O)O[C@@H](C)C(C)OC(=O)C(C)C(C)C)cc1OC(=O)CC(C)C. The summed E-state index contributed by atoms with van der Waals surface area (Å²) in [6.07, 6.45) is -0.871. The fourth-order valence-corrected chi connectivity index (χ4v) is 3.20. The van der Waals surface area contributed by atoms with Gasteiger partial charge in [-0.05, 0) is 55.7 Å². The number of carbonyl (C=O) groups excluding carboxylic acids is 4. The van der Waals surface area contributed by atoms with Crippen molar-refractivity contribution in [3.63, 3.8) is 0 Å². The van der Waals surface area contributed by atoms with E-state index < -0.39 is 36.2 Å². The third kappa shape index (κ3) is 11.6. The summed E-state index contributed by atoms with van der Waals surface area (Å²) >= 11 is 0. The van der Waals surface area contributed by atoms with Gasteiger partial charge in [-0.1, -0.05) is 54.5 Å². The summed E-state index contributed by atoms with van der Waals surface area (Å²) in [5.74, 6) is -1.70. The van der Waals surface area contributed by atoms with E-state index in [1.165, 1.54) is 12.1 Å². The molecule has 214 valence electrons. The van der Waals surface area contributed by atoms with Crippen molar-refractivity contribution >= 4 is 23.9 Å². The first-order valence-electron chi connectivity index (χ1n) is 13.3. The number of carbonyl (C=O) groups is 4. The fourth-order valence-electron chi connectivity index (χ4n) is 3.20. The van der Waals surface area contributed by atoms with Crippen molar-refractivity contribution in [2.24, 2.45) is 29.4 Å². The molecular weight excluding hydrogens is 490 g/mol. The predicted octanol–water partition coefficient (Wildman–Crippen LogP) is 4.61. The Morgan fingerprint density at radius 1 is 0.711 bits per heavy atom. The number of rotatable bonds is 14. The zero-order valence-electron chi connectivity index (χ0n) is 24.2. The molecule has 1 aromatic carbocycles. The first kappa shape index (κ1) is 33.1. The molecule has 4 atom stereocenters. The van der Waals surface area contributed by atoms with Crippen molar-refractivity contribution in [2.75, 3.05) is 0 Å². The van der Waals surface area contributed by atoms with Crippen LogP contribution in [0.15, 0.2) is 18.2 Å². The Bertz CT molecular complexity index is 956. The topological polar surface area (TPSA) is 131 Å². The van der Waals surface area contributed by atoms with Crippen LogP contribution in [0.4, 0.5) is 0 Å². The van der Waals surface area contributed by atoms with Crippen LogP contribution in [0.1, 0.15) is 80.7 Å². The molecule has 0 saturated carbocycles. The predicted molar refractivity (Wildman–Crippen MR) is 143 cm³/mol. The summed E-state index contributed by atoms with van der Waals surface area (Å²) in [5, 5.41) is 0. The fraction of sp³-hybridized carbons (Fsp3) is 0.655. The second-order valence-corrected chi connectivity index (χ2v) is 11.1. The van der Waals surface area contributed by atoms with Crippen LogP contribution in [0, 0.1) is 23.7 Å². The van der Waals surface area contributed by atoms with Crippen LogP contribution >= 0.6 is 0 Å². The molecule has 0 aliphatic carbocycles. The second kappa shape index (κ2) is 15.5. The highest BCUT2D eigenvalue weighted by Crippen LogP contribution is 2.30. The first-order chi connectivity index (χ1) is 17.6. The molecule has 2 unspecified atom stereocenters. The maximum atomic E-state index is 12.6. The van der Waals surface area contributed by atoms with E-state index in [0.29, 0.717) is 5.56 Å². The van der Waals surface area contributed by atoms with Gasteiger partial charge in [-0.3, -0.25) is 19.2 Å². The van der Waals surface area contributed by atoms with E-state index in [4.69, 9.17) is 24.7 Å². The molecule has 0 heterocycles. The molecule has 1 rings (SSSR count). The summed E-state index contributed by atoms with van der Waals surface area (Å²) in [5.41, 5.74) is 6.69. The Hall–Kier alpha value is -2.94. The Morgan fingerprint density at radius 3 is 1.66 bits per heavy atom. The van der Waals surface area contributed by atoms with Gasteiger partial charge in [0.25, 0.3) is 0 Å². The standard InChI is InChI=1S/C29H45NO8/c1-16(2)12-26(31)37-24-11-10-22(15-25(24)38-27(32)13-17(3)4)14-23(30)29(34)36-21(9)20(8)35-28(33)19(7)18(5)6/h10-11,15-21,23H,12-14,30H2,1-9H3/t19?,20?,21-,23-/m0/s1. The maximum Gasteiger partial charge on any atom is 0.323 e. The van der Waals surface area contributed by atoms with Crippen LogP contribution in [0.3, 0.4) is 0 Å². The molecule has 0 aliphatic heterocycles. The summed E-state index contributed by atoms with van der Waals surface area (Å²) in [7, 11) is 0. The van der Waals surface area contributed by atoms with Crippen molar-refractivity contribution in [2.45, 2.75) is 99.8 Å². The summed E-state index contributed by atoms with van der Waals surface area (Å²) < 4.78 is 21.8. The Labute approximate surface area is 226 Å². The Balaban J connectivity index is 2.92. The largest absolute Gasteiger partial charge is 0.459 e. The number of hydrogen-bond donors (Lipinski definition) is 1. The zero-order chi connectivity index (χ0) is 29.2. The third-order valence-corrected chi connectivity index (χ3v) is 6.00. The lowest BCUT2D eigenvalue weighted by Crippen LogP contribution is -2.40. The highest BCUT2D eigenvalue weighted by molar-refractivity contribution is 5.78. The number of benzene rings is 1. The van der Waals surface area contributed by atoms with Gasteiger partial charge in [0.05, 0.1) is 5.92 Å². The molecular formula is C29H45NO8. The molecule has 38 heavy (non-hydrogen) atoms. The quantitative estimate of drug-likeness (QED) is 0.268. The average Bonchev–Trinajstić information content (AvgIpc) is 2.78. The van der Waals surface area contributed by atoms with Crippen LogP contribution in [0.2, 0.25) is 0 Å². The molecule has 0 aromatic heterocycles. The van der Waals surface area contributed by atoms with E-state index in [1.54, 1.807) is 26.8 Å². The normalized spacial score (nSPS) is 14.6. The molecule has 9 nitrogen and oxygen atoms in total. The molecule has 1 aromatic rings. The van der Waals surface area contributed by atoms with E-state index in [2.05, 4.69) is 0 Å². The molecule has 0 spiro atoms. The number of nitrogens with two attached hydrogens (primary N) is 1. The summed E-state index contributed by atoms with van der Waals surface area (Å²) in [6, 6.07) is 3.67. The van der Waals surface area contributed by atoms with Gasteiger partial charge in [0.2, 0.25) is 0 Å². The number of hydrogen-bond acceptors (Lipinski definition) is 9. The molecule has 9 heteroatoms. The van der Waals surface area contributed by atoms with Crippen LogP contribution in [0.25, 0.3) is 0 Å². The van der Waals surface area contributed by atoms with Gasteiger partial charge in [0, 0.05) is 12.8 Å². The van der Waals surface area contributed by atoms with Gasteiger partial charge in [0.15, 0.2) is 11.5 Å². The molecule has 2 N–H and O–H groups in total. The van der Waals surface area contributed by atoms with Crippen LogP contribution < -0.4 is 15.2 Å². The van der Waals surface area contributed by atoms with E-state index in [9.17, 15) is 19.2 Å². The Morgan fingerprint density at radius 2 is 1.18 bits per heavy atom. The van der Waals surface area contributed by atoms with Crippen LogP contribution in [0.5, 0.6) is 11.5 Å². The van der Waals surface area contributed by atoms with E-state index in [1.807, 2.05) is 41.5 Å². The van der Waals surface area contributed by atoms with E-state index >= 15 is 0 Å². The average molecular weight is 536 g/mol.